The molecule has 1 atom stereocenters. The third kappa shape index (κ3) is 4.69. The first-order valence-electron chi connectivity index (χ1n) is 12.9. The Morgan fingerprint density at radius 3 is 2.64 bits per heavy atom. The number of aliphatic hydroxyl groups is 1. The molecule has 0 radical (unpaired) electrons. The first-order valence-corrected chi connectivity index (χ1v) is 14.8. The van der Waals surface area contributed by atoms with Crippen molar-refractivity contribution < 1.29 is 23.1 Å². The zero-order valence-electron chi connectivity index (χ0n) is 21.9. The first-order chi connectivity index (χ1) is 18.3. The van der Waals surface area contributed by atoms with E-state index in [1.165, 1.54) is 4.52 Å². The third-order valence-corrected chi connectivity index (χ3v) is 8.46. The molecule has 0 spiro atoms. The van der Waals surface area contributed by atoms with Gasteiger partial charge in [-0.05, 0) is 69.2 Å². The number of benzene rings is 1. The number of amides is 2. The summed E-state index contributed by atoms with van der Waals surface area (Å²) in [6.07, 6.45) is 5.71. The molecule has 2 fully saturated rings. The average molecular weight is 554 g/mol. The van der Waals surface area contributed by atoms with Crippen LogP contribution in [0.15, 0.2) is 24.4 Å². The number of fused-ring (bicyclic) bond motifs is 2. The molecule has 6 rings (SSSR count). The molecule has 2 aromatic heterocycles. The SMILES string of the molecule is C[C@@H](C1CC1)N1Cc2cc(-c3ccn4nc(N)c(C(=O)N[C@H]5C[C@](C)(O)C5)c4n3)cc(NS(C)(=O)=O)c2C1=O. The van der Waals surface area contributed by atoms with Crippen molar-refractivity contribution >= 4 is 39.0 Å². The molecule has 1 aromatic carbocycles. The van der Waals surface area contributed by atoms with E-state index < -0.39 is 21.5 Å². The van der Waals surface area contributed by atoms with E-state index in [2.05, 4.69) is 20.1 Å². The van der Waals surface area contributed by atoms with Gasteiger partial charge in [-0.1, -0.05) is 0 Å². The van der Waals surface area contributed by atoms with Crippen molar-refractivity contribution in [2.45, 2.75) is 63.8 Å². The van der Waals surface area contributed by atoms with Crippen LogP contribution in [0.3, 0.4) is 0 Å². The van der Waals surface area contributed by atoms with Gasteiger partial charge < -0.3 is 21.1 Å². The summed E-state index contributed by atoms with van der Waals surface area (Å²) in [5, 5.41) is 17.1. The lowest BCUT2D eigenvalue weighted by molar-refractivity contribution is -0.0366. The van der Waals surface area contributed by atoms with E-state index >= 15 is 0 Å². The van der Waals surface area contributed by atoms with Crippen LogP contribution in [-0.4, -0.2) is 68.8 Å². The molecular weight excluding hydrogens is 522 g/mol. The summed E-state index contributed by atoms with van der Waals surface area (Å²) in [6.45, 7) is 4.12. The molecule has 12 nitrogen and oxygen atoms in total. The number of hydrogen-bond acceptors (Lipinski definition) is 8. The van der Waals surface area contributed by atoms with Gasteiger partial charge in [0.2, 0.25) is 10.0 Å². The highest BCUT2D eigenvalue weighted by Crippen LogP contribution is 2.41. The van der Waals surface area contributed by atoms with Crippen molar-refractivity contribution in [3.05, 3.63) is 41.1 Å². The lowest BCUT2D eigenvalue weighted by Crippen LogP contribution is -2.53. The van der Waals surface area contributed by atoms with Gasteiger partial charge in [0.05, 0.1) is 28.8 Å². The van der Waals surface area contributed by atoms with Gasteiger partial charge >= 0.3 is 0 Å². The molecule has 3 heterocycles. The van der Waals surface area contributed by atoms with Crippen LogP contribution in [0.25, 0.3) is 16.9 Å². The average Bonchev–Trinajstić information content (AvgIpc) is 3.53. The summed E-state index contributed by atoms with van der Waals surface area (Å²) in [5.74, 6) is -0.146. The quantitative estimate of drug-likeness (QED) is 0.343. The van der Waals surface area contributed by atoms with Gasteiger partial charge in [0, 0.05) is 30.4 Å². The number of sulfonamides is 1. The predicted octanol–water partition coefficient (Wildman–Crippen LogP) is 1.75. The molecule has 0 unspecified atom stereocenters. The molecule has 206 valence electrons. The van der Waals surface area contributed by atoms with Crippen LogP contribution in [-0.2, 0) is 16.6 Å². The molecule has 39 heavy (non-hydrogen) atoms. The molecule has 5 N–H and O–H groups in total. The number of carbonyl (C=O) groups excluding carboxylic acids is 2. The summed E-state index contributed by atoms with van der Waals surface area (Å²) >= 11 is 0. The van der Waals surface area contributed by atoms with Gasteiger partial charge in [-0.2, -0.15) is 0 Å². The highest BCUT2D eigenvalue weighted by molar-refractivity contribution is 7.92. The van der Waals surface area contributed by atoms with Gasteiger partial charge in [0.15, 0.2) is 11.5 Å². The number of nitrogens with one attached hydrogen (secondary N) is 2. The van der Waals surface area contributed by atoms with E-state index in [0.717, 1.165) is 19.1 Å². The molecule has 3 aromatic rings. The fraction of sp³-hybridized carbons (Fsp3) is 0.462. The van der Waals surface area contributed by atoms with Crippen molar-refractivity contribution in [2.75, 3.05) is 16.7 Å². The maximum Gasteiger partial charge on any atom is 0.259 e. The summed E-state index contributed by atoms with van der Waals surface area (Å²) in [5.41, 5.74) is 7.96. The number of aromatic nitrogens is 3. The van der Waals surface area contributed by atoms with Crippen LogP contribution >= 0.6 is 0 Å². The molecule has 2 amide bonds. The van der Waals surface area contributed by atoms with Crippen LogP contribution < -0.4 is 15.8 Å². The number of rotatable bonds is 7. The maximum absolute atomic E-state index is 13.4. The molecule has 1 aliphatic heterocycles. The predicted molar refractivity (Wildman–Crippen MR) is 144 cm³/mol. The fourth-order valence-electron chi connectivity index (χ4n) is 5.75. The van der Waals surface area contributed by atoms with Crippen LogP contribution in [0.2, 0.25) is 0 Å². The minimum Gasteiger partial charge on any atom is -0.390 e. The number of nitrogens with two attached hydrogens (primary N) is 1. The minimum atomic E-state index is -3.67. The Morgan fingerprint density at radius 1 is 1.28 bits per heavy atom. The third-order valence-electron chi connectivity index (χ3n) is 7.87. The van der Waals surface area contributed by atoms with Gasteiger partial charge in [0.1, 0.15) is 5.56 Å². The van der Waals surface area contributed by atoms with Crippen LogP contribution in [0.1, 0.15) is 65.8 Å². The van der Waals surface area contributed by atoms with Crippen molar-refractivity contribution in [2.24, 2.45) is 5.92 Å². The lowest BCUT2D eigenvalue weighted by Gasteiger charge is -2.41. The van der Waals surface area contributed by atoms with E-state index in [0.29, 0.717) is 47.7 Å². The van der Waals surface area contributed by atoms with E-state index in [1.54, 1.807) is 30.2 Å². The Balaban J connectivity index is 1.39. The number of hydrogen-bond donors (Lipinski definition) is 4. The number of nitrogen functional groups attached to an aromatic ring is 1. The van der Waals surface area contributed by atoms with E-state index in [1.807, 2.05) is 13.0 Å². The monoisotopic (exact) mass is 553 g/mol. The second-order valence-corrected chi connectivity index (χ2v) is 13.1. The summed E-state index contributed by atoms with van der Waals surface area (Å²) in [4.78, 5) is 32.9. The number of anilines is 2. The Labute approximate surface area is 225 Å². The molecule has 3 aliphatic rings. The van der Waals surface area contributed by atoms with Crippen molar-refractivity contribution in [3.8, 4) is 11.3 Å². The topological polar surface area (TPSA) is 172 Å². The Kier molecular flexibility index (Phi) is 5.67. The fourth-order valence-corrected chi connectivity index (χ4v) is 6.32. The van der Waals surface area contributed by atoms with Gasteiger partial charge in [-0.15, -0.1) is 5.10 Å². The summed E-state index contributed by atoms with van der Waals surface area (Å²) < 4.78 is 28.3. The zero-order chi connectivity index (χ0) is 27.9. The van der Waals surface area contributed by atoms with Crippen LogP contribution in [0, 0.1) is 5.92 Å². The second-order valence-electron chi connectivity index (χ2n) is 11.4. The van der Waals surface area contributed by atoms with Gasteiger partial charge in [-0.25, -0.2) is 17.9 Å². The summed E-state index contributed by atoms with van der Waals surface area (Å²) in [7, 11) is -3.67. The minimum absolute atomic E-state index is 0.0203. The normalized spacial score (nSPS) is 23.4. The highest BCUT2D eigenvalue weighted by atomic mass is 32.2. The lowest BCUT2D eigenvalue weighted by atomic mass is 9.77. The number of nitrogens with zero attached hydrogens (tertiary/aromatic N) is 4. The smallest absolute Gasteiger partial charge is 0.259 e. The molecule has 0 saturated heterocycles. The van der Waals surface area contributed by atoms with Gasteiger partial charge in [-0.3, -0.25) is 14.3 Å². The largest absolute Gasteiger partial charge is 0.390 e. The molecule has 13 heteroatoms. The van der Waals surface area contributed by atoms with Crippen molar-refractivity contribution in [1.82, 2.24) is 24.8 Å². The molecule has 2 aliphatic carbocycles. The Bertz CT molecular complexity index is 1640. The zero-order valence-corrected chi connectivity index (χ0v) is 22.7. The molecule has 2 saturated carbocycles. The van der Waals surface area contributed by atoms with E-state index in [-0.39, 0.29) is 40.7 Å². The van der Waals surface area contributed by atoms with Gasteiger partial charge in [0.25, 0.3) is 11.8 Å². The van der Waals surface area contributed by atoms with Crippen molar-refractivity contribution in [1.29, 1.82) is 0 Å². The highest BCUT2D eigenvalue weighted by Gasteiger charge is 2.41. The van der Waals surface area contributed by atoms with E-state index in [4.69, 9.17) is 5.73 Å². The maximum atomic E-state index is 13.4. The molecular formula is C26H31N7O5S. The number of carbonyl (C=O) groups is 2. The van der Waals surface area contributed by atoms with Crippen molar-refractivity contribution in [3.63, 3.8) is 0 Å². The first kappa shape index (κ1) is 25.6. The standard InChI is InChI=1S/C26H31N7O5S/c1-13(14-4-5-14)32-12-16-8-15(9-19(20(16)25(32)35)31-39(3,37)38)18-6-7-33-23(29-18)21(22(27)30-33)24(34)28-17-10-26(2,36)11-17/h6-9,13-14,17,31,36H,4-5,10-12H2,1-3H3,(H2,27,30)(H,28,34)/t13-,17-,26-/m0/s1. The van der Waals surface area contributed by atoms with E-state index in [9.17, 15) is 23.1 Å². The summed E-state index contributed by atoms with van der Waals surface area (Å²) in [6, 6.07) is 5.01. The molecule has 0 bridgehead atoms. The Hall–Kier alpha value is -3.71. The van der Waals surface area contributed by atoms with Crippen LogP contribution in [0.4, 0.5) is 11.5 Å². The second kappa shape index (κ2) is 8.65. The van der Waals surface area contributed by atoms with Crippen LogP contribution in [0.5, 0.6) is 0 Å². The Morgan fingerprint density at radius 2 is 2.00 bits per heavy atom.